The van der Waals surface area contributed by atoms with Crippen LogP contribution in [-0.4, -0.2) is 14.5 Å². The number of fused-ring (bicyclic) bond motifs is 18. The molecule has 0 fully saturated rings. The Morgan fingerprint density at radius 2 is 1.05 bits per heavy atom. The third-order valence-corrected chi connectivity index (χ3v) is 12.6. The van der Waals surface area contributed by atoms with E-state index in [-0.39, 0.29) is 0 Å². The van der Waals surface area contributed by atoms with Crippen molar-refractivity contribution in [2.75, 3.05) is 0 Å². The first kappa shape index (κ1) is 29.4. The predicted octanol–water partition coefficient (Wildman–Crippen LogP) is 14.1. The van der Waals surface area contributed by atoms with Crippen LogP contribution >= 0.6 is 11.3 Å². The third kappa shape index (κ3) is 3.94. The number of aromatic nitrogens is 3. The van der Waals surface area contributed by atoms with Gasteiger partial charge in [0.25, 0.3) is 0 Å². The number of hydrogen-bond donors (Lipinski definition) is 0. The molecule has 0 amide bonds. The van der Waals surface area contributed by atoms with Gasteiger partial charge in [-0.25, -0.2) is 9.97 Å². The molecule has 0 saturated carbocycles. The maximum absolute atomic E-state index is 6.94. The van der Waals surface area contributed by atoms with Gasteiger partial charge in [0.05, 0.1) is 11.2 Å². The van der Waals surface area contributed by atoms with Gasteiger partial charge in [0.2, 0.25) is 5.95 Å². The predicted molar refractivity (Wildman–Crippen MR) is 232 cm³/mol. The number of hydrogen-bond acceptors (Lipinski definition) is 4. The van der Waals surface area contributed by atoms with E-state index >= 15 is 0 Å². The Labute approximate surface area is 317 Å². The summed E-state index contributed by atoms with van der Waals surface area (Å²) in [7, 11) is 0. The highest BCUT2D eigenvalue weighted by Gasteiger charge is 2.26. The van der Waals surface area contributed by atoms with Crippen molar-refractivity contribution in [3.05, 3.63) is 164 Å². The van der Waals surface area contributed by atoms with Gasteiger partial charge in [0.15, 0.2) is 5.58 Å². The largest absolute Gasteiger partial charge is 0.454 e. The van der Waals surface area contributed by atoms with Crippen LogP contribution in [0.25, 0.3) is 124 Å². The minimum absolute atomic E-state index is 0.625. The van der Waals surface area contributed by atoms with Gasteiger partial charge in [-0.15, -0.1) is 11.3 Å². The third-order valence-electron chi connectivity index (χ3n) is 11.6. The molecule has 0 aliphatic heterocycles. The summed E-state index contributed by atoms with van der Waals surface area (Å²) in [6, 6.07) is 58.7. The minimum atomic E-state index is 0.625. The van der Waals surface area contributed by atoms with Crippen molar-refractivity contribution in [3.63, 3.8) is 0 Å². The van der Waals surface area contributed by atoms with E-state index in [0.717, 1.165) is 76.0 Å². The molecule has 0 aliphatic rings. The van der Waals surface area contributed by atoms with Crippen LogP contribution in [0.1, 0.15) is 0 Å². The molecule has 0 aliphatic carbocycles. The summed E-state index contributed by atoms with van der Waals surface area (Å²) in [5.74, 6) is 0.625. The summed E-state index contributed by atoms with van der Waals surface area (Å²) in [6.07, 6.45) is 0. The lowest BCUT2D eigenvalue weighted by Gasteiger charge is -2.13. The van der Waals surface area contributed by atoms with E-state index < -0.39 is 0 Å². The van der Waals surface area contributed by atoms with Gasteiger partial charge in [0, 0.05) is 48.0 Å². The van der Waals surface area contributed by atoms with Gasteiger partial charge in [-0.1, -0.05) is 146 Å². The van der Waals surface area contributed by atoms with Crippen LogP contribution in [-0.2, 0) is 0 Å². The lowest BCUT2D eigenvalue weighted by atomic mass is 9.98. The molecular formula is C50H27N3OS. The van der Waals surface area contributed by atoms with Crippen molar-refractivity contribution in [2.24, 2.45) is 0 Å². The van der Waals surface area contributed by atoms with Crippen molar-refractivity contribution in [1.82, 2.24) is 14.5 Å². The normalized spacial score (nSPS) is 12.4. The van der Waals surface area contributed by atoms with Crippen LogP contribution in [0.15, 0.2) is 168 Å². The number of para-hydroxylation sites is 1. The smallest absolute Gasteiger partial charge is 0.236 e. The maximum atomic E-state index is 6.94. The number of furan rings is 1. The fraction of sp³-hybridized carbons (Fsp3) is 0. The van der Waals surface area contributed by atoms with E-state index in [1.54, 1.807) is 11.3 Å². The molecule has 55 heavy (non-hydrogen) atoms. The summed E-state index contributed by atoms with van der Waals surface area (Å²) in [6.45, 7) is 0. The van der Waals surface area contributed by atoms with Gasteiger partial charge in [-0.3, -0.25) is 4.57 Å². The summed E-state index contributed by atoms with van der Waals surface area (Å²) < 4.78 is 10.4. The van der Waals surface area contributed by atoms with E-state index in [2.05, 4.69) is 162 Å². The van der Waals surface area contributed by atoms with Crippen LogP contribution in [0, 0.1) is 0 Å². The van der Waals surface area contributed by atoms with Gasteiger partial charge in [-0.05, 0) is 55.9 Å². The average molecular weight is 718 g/mol. The molecule has 4 heterocycles. The standard InChI is InChI=1S/C50H27N3OS/c1-3-13-32-28(11-1)21-22-30-23-24-31(27-39(30)32)45-44-37-18-8-10-20-41(37)55-49(44)52-50(51-45)53-46-33-14-4-2-12-29(33)25-26-38(46)42-34-15-5-6-16-35(34)43-36-17-7-9-19-40(36)54-48(43)47(42)53/h1-27H. The zero-order chi connectivity index (χ0) is 35.8. The molecule has 0 unspecified atom stereocenters. The summed E-state index contributed by atoms with van der Waals surface area (Å²) >= 11 is 1.72. The first-order chi connectivity index (χ1) is 27.3. The molecule has 0 bridgehead atoms. The highest BCUT2D eigenvalue weighted by molar-refractivity contribution is 7.25. The second-order valence-corrected chi connectivity index (χ2v) is 15.5. The van der Waals surface area contributed by atoms with E-state index in [4.69, 9.17) is 14.4 Å². The molecule has 9 aromatic carbocycles. The second kappa shape index (κ2) is 10.8. The summed E-state index contributed by atoms with van der Waals surface area (Å²) in [4.78, 5) is 12.2. The molecule has 0 saturated heterocycles. The lowest BCUT2D eigenvalue weighted by molar-refractivity contribution is 0.671. The van der Waals surface area contributed by atoms with E-state index in [1.165, 1.54) is 42.4 Å². The molecule has 13 aromatic rings. The molecule has 0 radical (unpaired) electrons. The fourth-order valence-corrected chi connectivity index (χ4v) is 10.3. The Morgan fingerprint density at radius 3 is 1.89 bits per heavy atom. The van der Waals surface area contributed by atoms with Crippen LogP contribution in [0.3, 0.4) is 0 Å². The Balaban J connectivity index is 1.25. The molecule has 5 heteroatoms. The van der Waals surface area contributed by atoms with Gasteiger partial charge in [0.1, 0.15) is 15.9 Å². The highest BCUT2D eigenvalue weighted by atomic mass is 32.1. The zero-order valence-electron chi connectivity index (χ0n) is 29.2. The molecule has 4 nitrogen and oxygen atoms in total. The molecule has 254 valence electrons. The van der Waals surface area contributed by atoms with E-state index in [0.29, 0.717) is 5.95 Å². The first-order valence-corrected chi connectivity index (χ1v) is 19.4. The van der Waals surface area contributed by atoms with Crippen molar-refractivity contribution in [2.45, 2.75) is 0 Å². The van der Waals surface area contributed by atoms with Crippen LogP contribution in [0.2, 0.25) is 0 Å². The molecule has 0 spiro atoms. The highest BCUT2D eigenvalue weighted by Crippen LogP contribution is 2.48. The SMILES string of the molecule is c1ccc2c(c1)ccc1ccc(-c3nc(-n4c5c6ccccc6ccc5c5c6ccccc6c6c7ccccc7oc6c54)nc4sc5ccccc5c34)cc12. The molecule has 13 rings (SSSR count). The average Bonchev–Trinajstić information content (AvgIpc) is 3.93. The zero-order valence-corrected chi connectivity index (χ0v) is 30.1. The Hall–Kier alpha value is -7.08. The quantitative estimate of drug-likeness (QED) is 0.167. The Bertz CT molecular complexity index is 3790. The summed E-state index contributed by atoms with van der Waals surface area (Å²) in [5, 5.41) is 16.3. The second-order valence-electron chi connectivity index (χ2n) is 14.5. The van der Waals surface area contributed by atoms with Crippen LogP contribution < -0.4 is 0 Å². The minimum Gasteiger partial charge on any atom is -0.454 e. The van der Waals surface area contributed by atoms with Crippen LogP contribution in [0.4, 0.5) is 0 Å². The molecule has 4 aromatic heterocycles. The van der Waals surface area contributed by atoms with Crippen molar-refractivity contribution < 1.29 is 4.42 Å². The monoisotopic (exact) mass is 717 g/mol. The molecule has 0 atom stereocenters. The van der Waals surface area contributed by atoms with Gasteiger partial charge >= 0.3 is 0 Å². The Morgan fingerprint density at radius 1 is 0.436 bits per heavy atom. The van der Waals surface area contributed by atoms with Crippen molar-refractivity contribution in [1.29, 1.82) is 0 Å². The van der Waals surface area contributed by atoms with Gasteiger partial charge in [-0.2, -0.15) is 0 Å². The molecular weight excluding hydrogens is 691 g/mol. The molecule has 0 N–H and O–H groups in total. The van der Waals surface area contributed by atoms with Crippen LogP contribution in [0.5, 0.6) is 0 Å². The number of thiophene rings is 1. The van der Waals surface area contributed by atoms with E-state index in [1.807, 2.05) is 6.07 Å². The summed E-state index contributed by atoms with van der Waals surface area (Å²) in [5.41, 5.74) is 5.74. The first-order valence-electron chi connectivity index (χ1n) is 18.6. The topological polar surface area (TPSA) is 43.9 Å². The Kier molecular flexibility index (Phi) is 5.74. The number of nitrogens with zero attached hydrogens (tertiary/aromatic N) is 3. The maximum Gasteiger partial charge on any atom is 0.236 e. The number of benzene rings is 9. The number of rotatable bonds is 2. The van der Waals surface area contributed by atoms with E-state index in [9.17, 15) is 0 Å². The van der Waals surface area contributed by atoms with Crippen molar-refractivity contribution >= 4 is 118 Å². The van der Waals surface area contributed by atoms with Gasteiger partial charge < -0.3 is 4.42 Å². The lowest BCUT2D eigenvalue weighted by Crippen LogP contribution is -2.03. The fourth-order valence-electron chi connectivity index (χ4n) is 9.21. The van der Waals surface area contributed by atoms with Crippen molar-refractivity contribution in [3.8, 4) is 17.2 Å².